The summed E-state index contributed by atoms with van der Waals surface area (Å²) in [5.41, 5.74) is 1.78. The summed E-state index contributed by atoms with van der Waals surface area (Å²) in [6.45, 7) is 0. The van der Waals surface area contributed by atoms with Gasteiger partial charge >= 0.3 is 5.97 Å². The predicted molar refractivity (Wildman–Crippen MR) is 84.7 cm³/mol. The third-order valence-corrected chi connectivity index (χ3v) is 4.88. The molecule has 0 spiro atoms. The number of halogens is 2. The van der Waals surface area contributed by atoms with Crippen LogP contribution in [-0.4, -0.2) is 20.8 Å². The highest BCUT2D eigenvalue weighted by molar-refractivity contribution is 9.09. The van der Waals surface area contributed by atoms with Gasteiger partial charge in [-0.25, -0.2) is 9.18 Å². The molecule has 2 aromatic rings. The first-order valence-corrected chi connectivity index (χ1v) is 7.74. The molecule has 23 heavy (non-hydrogen) atoms. The van der Waals surface area contributed by atoms with Crippen LogP contribution in [0.4, 0.5) is 10.1 Å². The monoisotopic (exact) mass is 379 g/mol. The quantitative estimate of drug-likeness (QED) is 0.498. The molecule has 0 saturated carbocycles. The van der Waals surface area contributed by atoms with Gasteiger partial charge in [0.15, 0.2) is 0 Å². The van der Waals surface area contributed by atoms with Crippen molar-refractivity contribution in [2.75, 3.05) is 0 Å². The Labute approximate surface area is 139 Å². The first-order chi connectivity index (χ1) is 10.9. The first-order valence-electron chi connectivity index (χ1n) is 6.82. The maximum absolute atomic E-state index is 13.4. The zero-order valence-corrected chi connectivity index (χ0v) is 13.3. The van der Waals surface area contributed by atoms with Crippen molar-refractivity contribution in [3.63, 3.8) is 0 Å². The van der Waals surface area contributed by atoms with Gasteiger partial charge in [-0.2, -0.15) is 0 Å². The molecule has 0 aliphatic heterocycles. The lowest BCUT2D eigenvalue weighted by atomic mass is 9.89. The van der Waals surface area contributed by atoms with Gasteiger partial charge in [0, 0.05) is 22.9 Å². The van der Waals surface area contributed by atoms with Gasteiger partial charge in [-0.3, -0.25) is 10.1 Å². The Kier molecular flexibility index (Phi) is 3.89. The Bertz CT molecular complexity index is 824. The van der Waals surface area contributed by atoms with Crippen LogP contribution in [0, 0.1) is 15.9 Å². The summed E-state index contributed by atoms with van der Waals surface area (Å²) in [5, 5.41) is 20.4. The summed E-state index contributed by atoms with van der Waals surface area (Å²) in [6, 6.07) is 8.06. The Morgan fingerprint density at radius 3 is 2.65 bits per heavy atom. The Morgan fingerprint density at radius 2 is 2.00 bits per heavy atom. The van der Waals surface area contributed by atoms with Gasteiger partial charge in [-0.15, -0.1) is 0 Å². The number of nitrogens with zero attached hydrogens (tertiary/aromatic N) is 1. The molecule has 0 bridgehead atoms. The normalized spacial score (nSPS) is 19.4. The minimum atomic E-state index is -1.15. The number of nitro benzene ring substituents is 1. The SMILES string of the molecule is O=C(O)c1ccc([N+](=O)[O-])cc1C1c2ccc(F)cc2CC1Br. The standard InChI is InChI=1S/C16H11BrFNO4/c17-14-6-8-5-9(18)1-3-11(8)15(14)13-7-10(19(22)23)2-4-12(13)16(20)21/h1-5,7,14-15H,6H2,(H,20,21). The number of aromatic carboxylic acids is 1. The van der Waals surface area contributed by atoms with E-state index >= 15 is 0 Å². The molecule has 1 N–H and O–H groups in total. The van der Waals surface area contributed by atoms with Gasteiger partial charge in [0.2, 0.25) is 0 Å². The van der Waals surface area contributed by atoms with Gasteiger partial charge in [0.1, 0.15) is 5.82 Å². The van der Waals surface area contributed by atoms with Crippen LogP contribution in [0.15, 0.2) is 36.4 Å². The smallest absolute Gasteiger partial charge is 0.335 e. The van der Waals surface area contributed by atoms with E-state index in [-0.39, 0.29) is 27.8 Å². The van der Waals surface area contributed by atoms with Crippen molar-refractivity contribution in [2.45, 2.75) is 17.2 Å². The lowest BCUT2D eigenvalue weighted by molar-refractivity contribution is -0.384. The second-order valence-electron chi connectivity index (χ2n) is 5.37. The fourth-order valence-electron chi connectivity index (χ4n) is 3.06. The number of non-ortho nitro benzene ring substituents is 1. The molecule has 5 nitrogen and oxygen atoms in total. The van der Waals surface area contributed by atoms with E-state index < -0.39 is 10.9 Å². The predicted octanol–water partition coefficient (Wildman–Crippen LogP) is 3.88. The fraction of sp³-hybridized carbons (Fsp3) is 0.188. The summed E-state index contributed by atoms with van der Waals surface area (Å²) < 4.78 is 13.4. The molecule has 3 rings (SSSR count). The van der Waals surface area contributed by atoms with Crippen LogP contribution in [0.1, 0.15) is 33.0 Å². The van der Waals surface area contributed by atoms with E-state index in [4.69, 9.17) is 0 Å². The van der Waals surface area contributed by atoms with Crippen molar-refractivity contribution in [1.29, 1.82) is 0 Å². The molecule has 0 amide bonds. The number of rotatable bonds is 3. The van der Waals surface area contributed by atoms with Crippen LogP contribution in [0.25, 0.3) is 0 Å². The lowest BCUT2D eigenvalue weighted by Crippen LogP contribution is -2.13. The van der Waals surface area contributed by atoms with Crippen molar-refractivity contribution < 1.29 is 19.2 Å². The summed E-state index contributed by atoms with van der Waals surface area (Å²) in [5.74, 6) is -1.89. The summed E-state index contributed by atoms with van der Waals surface area (Å²) >= 11 is 3.51. The number of carboxylic acids is 1. The highest BCUT2D eigenvalue weighted by atomic mass is 79.9. The number of benzene rings is 2. The number of nitro groups is 1. The second-order valence-corrected chi connectivity index (χ2v) is 6.55. The molecule has 0 radical (unpaired) electrons. The topological polar surface area (TPSA) is 80.4 Å². The van der Waals surface area contributed by atoms with Crippen LogP contribution in [0.2, 0.25) is 0 Å². The summed E-state index contributed by atoms with van der Waals surface area (Å²) in [6.07, 6.45) is 0.527. The van der Waals surface area contributed by atoms with Gasteiger partial charge in [0.05, 0.1) is 10.5 Å². The average Bonchev–Trinajstić information content (AvgIpc) is 2.81. The van der Waals surface area contributed by atoms with E-state index in [0.29, 0.717) is 12.0 Å². The van der Waals surface area contributed by atoms with Crippen molar-refractivity contribution in [2.24, 2.45) is 0 Å². The fourth-order valence-corrected chi connectivity index (χ4v) is 3.97. The molecular formula is C16H11BrFNO4. The highest BCUT2D eigenvalue weighted by Gasteiger charge is 2.35. The number of carbonyl (C=O) groups is 1. The van der Waals surface area contributed by atoms with Gasteiger partial charge in [-0.1, -0.05) is 22.0 Å². The van der Waals surface area contributed by atoms with Crippen LogP contribution in [0.5, 0.6) is 0 Å². The highest BCUT2D eigenvalue weighted by Crippen LogP contribution is 2.44. The number of carboxylic acid groups (broad SMARTS) is 1. The zero-order chi connectivity index (χ0) is 16.7. The third kappa shape index (κ3) is 2.72. The molecule has 0 aromatic heterocycles. The van der Waals surface area contributed by atoms with Crippen molar-refractivity contribution in [3.8, 4) is 0 Å². The Morgan fingerprint density at radius 1 is 1.26 bits per heavy atom. The van der Waals surface area contributed by atoms with E-state index in [2.05, 4.69) is 15.9 Å². The maximum Gasteiger partial charge on any atom is 0.335 e. The van der Waals surface area contributed by atoms with Crippen molar-refractivity contribution in [1.82, 2.24) is 0 Å². The first kappa shape index (κ1) is 15.6. The molecular weight excluding hydrogens is 369 g/mol. The van der Waals surface area contributed by atoms with Gasteiger partial charge in [-0.05, 0) is 41.3 Å². The van der Waals surface area contributed by atoms with Crippen molar-refractivity contribution in [3.05, 3.63) is 74.6 Å². The van der Waals surface area contributed by atoms with E-state index in [1.165, 1.54) is 30.3 Å². The van der Waals surface area contributed by atoms with Crippen LogP contribution < -0.4 is 0 Å². The van der Waals surface area contributed by atoms with E-state index in [1.807, 2.05) is 0 Å². The molecule has 2 aromatic carbocycles. The average molecular weight is 380 g/mol. The zero-order valence-electron chi connectivity index (χ0n) is 11.7. The lowest BCUT2D eigenvalue weighted by Gasteiger charge is -2.18. The molecule has 0 heterocycles. The molecule has 2 unspecified atom stereocenters. The number of hydrogen-bond donors (Lipinski definition) is 1. The molecule has 118 valence electrons. The van der Waals surface area contributed by atoms with Gasteiger partial charge in [0.25, 0.3) is 5.69 Å². The minimum absolute atomic E-state index is 0.0159. The molecule has 2 atom stereocenters. The van der Waals surface area contributed by atoms with Crippen LogP contribution in [0.3, 0.4) is 0 Å². The molecule has 1 aliphatic rings. The number of alkyl halides is 1. The Balaban J connectivity index is 2.20. The van der Waals surface area contributed by atoms with E-state index in [1.54, 1.807) is 6.07 Å². The second kappa shape index (κ2) is 5.73. The molecule has 7 heteroatoms. The molecule has 0 fully saturated rings. The third-order valence-electron chi connectivity index (χ3n) is 4.03. The summed E-state index contributed by atoms with van der Waals surface area (Å²) in [7, 11) is 0. The van der Waals surface area contributed by atoms with Crippen LogP contribution >= 0.6 is 15.9 Å². The minimum Gasteiger partial charge on any atom is -0.478 e. The largest absolute Gasteiger partial charge is 0.478 e. The Hall–Kier alpha value is -2.28. The molecule has 0 saturated heterocycles. The van der Waals surface area contributed by atoms with E-state index in [0.717, 1.165) is 11.1 Å². The van der Waals surface area contributed by atoms with E-state index in [9.17, 15) is 24.4 Å². The van der Waals surface area contributed by atoms with Gasteiger partial charge < -0.3 is 5.11 Å². The summed E-state index contributed by atoms with van der Waals surface area (Å²) in [4.78, 5) is 21.8. The van der Waals surface area contributed by atoms with Crippen molar-refractivity contribution >= 4 is 27.6 Å². The number of fused-ring (bicyclic) bond motifs is 1. The van der Waals surface area contributed by atoms with Crippen LogP contribution in [-0.2, 0) is 6.42 Å². The number of hydrogen-bond acceptors (Lipinski definition) is 3. The molecule has 1 aliphatic carbocycles. The maximum atomic E-state index is 13.4.